The van der Waals surface area contributed by atoms with Crippen LogP contribution in [-0.2, 0) is 0 Å². The maximum atomic E-state index is 5.73. The van der Waals surface area contributed by atoms with Gasteiger partial charge in [-0.1, -0.05) is 0 Å². The first-order chi connectivity index (χ1) is 7.79. The number of piperazine rings is 1. The predicted octanol–water partition coefficient (Wildman–Crippen LogP) is 1.15. The summed E-state index contributed by atoms with van der Waals surface area (Å²) in [5, 5.41) is 0. The number of halogens is 1. The largest absolute Gasteiger partial charge is 0.338 e. The molecule has 0 atom stereocenters. The van der Waals surface area contributed by atoms with E-state index in [1.807, 2.05) is 19.2 Å². The first-order valence-electron chi connectivity index (χ1n) is 5.62. The molecular formula is C11H17ClN4. The van der Waals surface area contributed by atoms with Crippen LogP contribution >= 0.6 is 11.6 Å². The maximum absolute atomic E-state index is 5.73. The molecule has 0 spiro atoms. The van der Waals surface area contributed by atoms with Crippen molar-refractivity contribution in [2.75, 3.05) is 43.5 Å². The standard InChI is InChI=1S/C11H17ClN4/c1-10-2-4-13-11(14-10)16-8-6-15(5-3-12)7-9-16/h2,4H,3,5-9H2,1H3. The number of hydrogen-bond acceptors (Lipinski definition) is 4. The molecule has 0 aromatic carbocycles. The fourth-order valence-corrected chi connectivity index (χ4v) is 2.12. The van der Waals surface area contributed by atoms with E-state index in [9.17, 15) is 0 Å². The summed E-state index contributed by atoms with van der Waals surface area (Å²) in [6.45, 7) is 7.04. The smallest absolute Gasteiger partial charge is 0.225 e. The number of aryl methyl sites for hydroxylation is 1. The number of alkyl halides is 1. The van der Waals surface area contributed by atoms with Crippen molar-refractivity contribution in [3.63, 3.8) is 0 Å². The van der Waals surface area contributed by atoms with Crippen molar-refractivity contribution in [1.82, 2.24) is 14.9 Å². The molecule has 5 heteroatoms. The van der Waals surface area contributed by atoms with Crippen molar-refractivity contribution in [3.8, 4) is 0 Å². The lowest BCUT2D eigenvalue weighted by Gasteiger charge is -2.34. The molecule has 1 aromatic heterocycles. The highest BCUT2D eigenvalue weighted by Crippen LogP contribution is 2.10. The van der Waals surface area contributed by atoms with Gasteiger partial charge in [0.05, 0.1) is 0 Å². The minimum atomic E-state index is 0.709. The van der Waals surface area contributed by atoms with Crippen LogP contribution in [0.3, 0.4) is 0 Å². The summed E-state index contributed by atoms with van der Waals surface area (Å²) in [6.07, 6.45) is 1.82. The molecule has 88 valence electrons. The lowest BCUT2D eigenvalue weighted by Crippen LogP contribution is -2.47. The van der Waals surface area contributed by atoms with Gasteiger partial charge < -0.3 is 4.90 Å². The molecule has 2 heterocycles. The summed E-state index contributed by atoms with van der Waals surface area (Å²) in [5.41, 5.74) is 1.02. The molecule has 16 heavy (non-hydrogen) atoms. The Hall–Kier alpha value is -0.870. The van der Waals surface area contributed by atoms with Gasteiger partial charge in [-0.2, -0.15) is 0 Å². The highest BCUT2D eigenvalue weighted by molar-refractivity contribution is 6.18. The van der Waals surface area contributed by atoms with Crippen molar-refractivity contribution in [3.05, 3.63) is 18.0 Å². The average molecular weight is 241 g/mol. The van der Waals surface area contributed by atoms with Crippen LogP contribution in [0.2, 0.25) is 0 Å². The third-order valence-electron chi connectivity index (χ3n) is 2.84. The lowest BCUT2D eigenvalue weighted by atomic mass is 10.3. The van der Waals surface area contributed by atoms with E-state index < -0.39 is 0 Å². The molecule has 1 saturated heterocycles. The molecule has 0 saturated carbocycles. The van der Waals surface area contributed by atoms with E-state index in [2.05, 4.69) is 19.8 Å². The Morgan fingerprint density at radius 3 is 2.69 bits per heavy atom. The normalized spacial score (nSPS) is 17.8. The molecule has 0 bridgehead atoms. The van der Waals surface area contributed by atoms with Crippen LogP contribution in [0.25, 0.3) is 0 Å². The minimum Gasteiger partial charge on any atom is -0.338 e. The van der Waals surface area contributed by atoms with Crippen molar-refractivity contribution < 1.29 is 0 Å². The molecule has 0 radical (unpaired) electrons. The Labute approximate surface area is 101 Å². The summed E-state index contributed by atoms with van der Waals surface area (Å²) in [4.78, 5) is 13.4. The second kappa shape index (κ2) is 5.46. The Morgan fingerprint density at radius 1 is 1.31 bits per heavy atom. The molecular weight excluding hydrogens is 224 g/mol. The van der Waals surface area contributed by atoms with E-state index in [0.717, 1.165) is 44.4 Å². The average Bonchev–Trinajstić information content (AvgIpc) is 2.30. The van der Waals surface area contributed by atoms with Crippen molar-refractivity contribution >= 4 is 17.5 Å². The van der Waals surface area contributed by atoms with Gasteiger partial charge >= 0.3 is 0 Å². The molecule has 1 aliphatic heterocycles. The third kappa shape index (κ3) is 2.83. The maximum Gasteiger partial charge on any atom is 0.225 e. The van der Waals surface area contributed by atoms with Crippen LogP contribution in [0.5, 0.6) is 0 Å². The summed E-state index contributed by atoms with van der Waals surface area (Å²) in [7, 11) is 0. The second-order valence-corrected chi connectivity index (χ2v) is 4.39. The lowest BCUT2D eigenvalue weighted by molar-refractivity contribution is 0.271. The summed E-state index contributed by atoms with van der Waals surface area (Å²) in [5.74, 6) is 1.56. The zero-order chi connectivity index (χ0) is 11.4. The SMILES string of the molecule is Cc1ccnc(N2CCN(CCCl)CC2)n1. The fourth-order valence-electron chi connectivity index (χ4n) is 1.88. The topological polar surface area (TPSA) is 32.3 Å². The van der Waals surface area contributed by atoms with Gasteiger partial charge in [0.1, 0.15) is 0 Å². The molecule has 0 unspecified atom stereocenters. The van der Waals surface area contributed by atoms with Crippen molar-refractivity contribution in [2.24, 2.45) is 0 Å². The van der Waals surface area contributed by atoms with Crippen LogP contribution in [0.1, 0.15) is 5.69 Å². The number of anilines is 1. The molecule has 1 aromatic rings. The van der Waals surface area contributed by atoms with Gasteiger partial charge in [-0.05, 0) is 13.0 Å². The summed E-state index contributed by atoms with van der Waals surface area (Å²) < 4.78 is 0. The highest BCUT2D eigenvalue weighted by atomic mass is 35.5. The second-order valence-electron chi connectivity index (χ2n) is 4.02. The molecule has 2 rings (SSSR count). The molecule has 0 N–H and O–H groups in total. The third-order valence-corrected chi connectivity index (χ3v) is 3.01. The molecule has 4 nitrogen and oxygen atoms in total. The van der Waals surface area contributed by atoms with Gasteiger partial charge in [0.15, 0.2) is 0 Å². The van der Waals surface area contributed by atoms with E-state index in [0.29, 0.717) is 5.88 Å². The van der Waals surface area contributed by atoms with Gasteiger partial charge in [0.25, 0.3) is 0 Å². The molecule has 1 aliphatic rings. The van der Waals surface area contributed by atoms with Crippen LogP contribution in [0.15, 0.2) is 12.3 Å². The fraction of sp³-hybridized carbons (Fsp3) is 0.636. The van der Waals surface area contributed by atoms with E-state index in [1.54, 1.807) is 0 Å². The van der Waals surface area contributed by atoms with Crippen molar-refractivity contribution in [1.29, 1.82) is 0 Å². The Balaban J connectivity index is 1.94. The van der Waals surface area contributed by atoms with Gasteiger partial charge in [0, 0.05) is 50.5 Å². The van der Waals surface area contributed by atoms with E-state index >= 15 is 0 Å². The Bertz CT molecular complexity index is 337. The van der Waals surface area contributed by atoms with E-state index in [4.69, 9.17) is 11.6 Å². The monoisotopic (exact) mass is 240 g/mol. The van der Waals surface area contributed by atoms with Crippen LogP contribution in [0.4, 0.5) is 5.95 Å². The van der Waals surface area contributed by atoms with Crippen LogP contribution in [-0.4, -0.2) is 53.5 Å². The zero-order valence-electron chi connectivity index (χ0n) is 9.56. The number of hydrogen-bond donors (Lipinski definition) is 0. The Kier molecular flexibility index (Phi) is 3.96. The van der Waals surface area contributed by atoms with Gasteiger partial charge in [0.2, 0.25) is 5.95 Å². The minimum absolute atomic E-state index is 0.709. The molecule has 1 fully saturated rings. The predicted molar refractivity (Wildman–Crippen MR) is 66.1 cm³/mol. The molecule has 0 amide bonds. The first-order valence-corrected chi connectivity index (χ1v) is 6.16. The number of nitrogens with zero attached hydrogens (tertiary/aromatic N) is 4. The van der Waals surface area contributed by atoms with Gasteiger partial charge in [-0.25, -0.2) is 9.97 Å². The zero-order valence-corrected chi connectivity index (χ0v) is 10.3. The van der Waals surface area contributed by atoms with Crippen LogP contribution < -0.4 is 4.90 Å². The van der Waals surface area contributed by atoms with Crippen LogP contribution in [0, 0.1) is 6.92 Å². The summed E-state index contributed by atoms with van der Waals surface area (Å²) in [6, 6.07) is 1.92. The van der Waals surface area contributed by atoms with E-state index in [-0.39, 0.29) is 0 Å². The quantitative estimate of drug-likeness (QED) is 0.742. The van der Waals surface area contributed by atoms with Crippen molar-refractivity contribution in [2.45, 2.75) is 6.92 Å². The first kappa shape index (κ1) is 11.6. The highest BCUT2D eigenvalue weighted by Gasteiger charge is 2.18. The number of aromatic nitrogens is 2. The molecule has 0 aliphatic carbocycles. The van der Waals surface area contributed by atoms with E-state index in [1.165, 1.54) is 0 Å². The Morgan fingerprint density at radius 2 is 2.06 bits per heavy atom. The van der Waals surface area contributed by atoms with Gasteiger partial charge in [-0.15, -0.1) is 11.6 Å². The number of rotatable bonds is 3. The summed E-state index contributed by atoms with van der Waals surface area (Å²) >= 11 is 5.73. The van der Waals surface area contributed by atoms with Gasteiger partial charge in [-0.3, -0.25) is 4.90 Å².